The van der Waals surface area contributed by atoms with Gasteiger partial charge in [-0.25, -0.2) is 0 Å². The quantitative estimate of drug-likeness (QED) is 0.653. The van der Waals surface area contributed by atoms with Crippen LogP contribution in [-0.4, -0.2) is 76.8 Å². The molecule has 0 spiro atoms. The van der Waals surface area contributed by atoms with Gasteiger partial charge >= 0.3 is 0 Å². The standard InChI is InChI=1S/C15H32N2O3/c1-5-7-16-14-6-9-20-12-15(14)17(8-10-18-3)13(2)11-19-4/h13-16H,5-12H2,1-4H3. The Kier molecular flexibility index (Phi) is 9.39. The van der Waals surface area contributed by atoms with Gasteiger partial charge in [0.2, 0.25) is 0 Å². The second-order valence-electron chi connectivity index (χ2n) is 5.53. The summed E-state index contributed by atoms with van der Waals surface area (Å²) in [5.74, 6) is 0. The van der Waals surface area contributed by atoms with Crippen molar-refractivity contribution in [2.24, 2.45) is 0 Å². The van der Waals surface area contributed by atoms with Gasteiger partial charge in [-0.1, -0.05) is 6.92 Å². The second-order valence-corrected chi connectivity index (χ2v) is 5.53. The molecule has 1 heterocycles. The zero-order valence-electron chi connectivity index (χ0n) is 13.6. The van der Waals surface area contributed by atoms with Gasteiger partial charge < -0.3 is 19.5 Å². The van der Waals surface area contributed by atoms with Crippen LogP contribution in [0.3, 0.4) is 0 Å². The number of hydrogen-bond donors (Lipinski definition) is 1. The highest BCUT2D eigenvalue weighted by atomic mass is 16.5. The fourth-order valence-corrected chi connectivity index (χ4v) is 2.86. The van der Waals surface area contributed by atoms with Crippen LogP contribution in [0.1, 0.15) is 26.7 Å². The van der Waals surface area contributed by atoms with Crippen LogP contribution in [-0.2, 0) is 14.2 Å². The Hall–Kier alpha value is -0.200. The van der Waals surface area contributed by atoms with E-state index in [2.05, 4.69) is 24.1 Å². The van der Waals surface area contributed by atoms with Crippen LogP contribution in [0.5, 0.6) is 0 Å². The number of nitrogens with zero attached hydrogens (tertiary/aromatic N) is 1. The molecule has 3 atom stereocenters. The summed E-state index contributed by atoms with van der Waals surface area (Å²) in [7, 11) is 3.51. The minimum Gasteiger partial charge on any atom is -0.383 e. The molecule has 120 valence electrons. The monoisotopic (exact) mass is 288 g/mol. The van der Waals surface area contributed by atoms with E-state index in [0.29, 0.717) is 18.1 Å². The van der Waals surface area contributed by atoms with E-state index in [-0.39, 0.29) is 0 Å². The minimum absolute atomic E-state index is 0.368. The highest BCUT2D eigenvalue weighted by molar-refractivity contribution is 4.89. The van der Waals surface area contributed by atoms with Gasteiger partial charge in [0.05, 0.1) is 19.8 Å². The molecule has 1 N–H and O–H groups in total. The van der Waals surface area contributed by atoms with Gasteiger partial charge in [0.1, 0.15) is 0 Å². The fourth-order valence-electron chi connectivity index (χ4n) is 2.86. The molecule has 1 aliphatic heterocycles. The van der Waals surface area contributed by atoms with Crippen LogP contribution in [0.15, 0.2) is 0 Å². The number of rotatable bonds is 10. The molecule has 0 bridgehead atoms. The van der Waals surface area contributed by atoms with E-state index in [1.165, 1.54) is 0 Å². The first-order valence-corrected chi connectivity index (χ1v) is 7.79. The van der Waals surface area contributed by atoms with Gasteiger partial charge in [0, 0.05) is 45.5 Å². The van der Waals surface area contributed by atoms with Crippen LogP contribution < -0.4 is 5.32 Å². The molecule has 1 aliphatic rings. The van der Waals surface area contributed by atoms with Crippen molar-refractivity contribution in [1.29, 1.82) is 0 Å². The van der Waals surface area contributed by atoms with Crippen molar-refractivity contribution >= 4 is 0 Å². The summed E-state index contributed by atoms with van der Waals surface area (Å²) < 4.78 is 16.3. The zero-order chi connectivity index (χ0) is 14.8. The Morgan fingerprint density at radius 3 is 2.80 bits per heavy atom. The van der Waals surface area contributed by atoms with Gasteiger partial charge in [-0.2, -0.15) is 0 Å². The molecule has 5 heteroatoms. The van der Waals surface area contributed by atoms with Crippen molar-refractivity contribution in [3.8, 4) is 0 Å². The molecule has 20 heavy (non-hydrogen) atoms. The summed E-state index contributed by atoms with van der Waals surface area (Å²) in [5.41, 5.74) is 0. The molecule has 5 nitrogen and oxygen atoms in total. The Morgan fingerprint density at radius 1 is 1.35 bits per heavy atom. The minimum atomic E-state index is 0.368. The van der Waals surface area contributed by atoms with E-state index in [1.807, 2.05) is 0 Å². The van der Waals surface area contributed by atoms with Crippen LogP contribution in [0.25, 0.3) is 0 Å². The zero-order valence-corrected chi connectivity index (χ0v) is 13.6. The number of methoxy groups -OCH3 is 2. The highest BCUT2D eigenvalue weighted by Crippen LogP contribution is 2.17. The number of nitrogens with one attached hydrogen (secondary N) is 1. The number of ether oxygens (including phenoxy) is 3. The molecule has 1 rings (SSSR count). The van der Waals surface area contributed by atoms with E-state index in [4.69, 9.17) is 14.2 Å². The topological polar surface area (TPSA) is 43.0 Å². The third kappa shape index (κ3) is 5.66. The lowest BCUT2D eigenvalue weighted by Crippen LogP contribution is -2.59. The first-order valence-electron chi connectivity index (χ1n) is 7.79. The van der Waals surface area contributed by atoms with E-state index >= 15 is 0 Å². The van der Waals surface area contributed by atoms with E-state index in [1.54, 1.807) is 14.2 Å². The van der Waals surface area contributed by atoms with E-state index in [0.717, 1.165) is 52.4 Å². The molecule has 0 aromatic heterocycles. The van der Waals surface area contributed by atoms with Crippen molar-refractivity contribution in [1.82, 2.24) is 10.2 Å². The maximum absolute atomic E-state index is 5.72. The lowest BCUT2D eigenvalue weighted by Gasteiger charge is -2.43. The summed E-state index contributed by atoms with van der Waals surface area (Å²) >= 11 is 0. The van der Waals surface area contributed by atoms with Gasteiger partial charge in [-0.3, -0.25) is 4.90 Å². The number of hydrogen-bond acceptors (Lipinski definition) is 5. The van der Waals surface area contributed by atoms with Crippen LogP contribution in [0.2, 0.25) is 0 Å². The Balaban J connectivity index is 2.67. The molecule has 0 saturated carbocycles. The van der Waals surface area contributed by atoms with Crippen molar-refractivity contribution in [3.05, 3.63) is 0 Å². The molecular weight excluding hydrogens is 256 g/mol. The molecule has 0 aromatic rings. The average Bonchev–Trinajstić information content (AvgIpc) is 2.47. The first-order chi connectivity index (χ1) is 9.74. The van der Waals surface area contributed by atoms with E-state index < -0.39 is 0 Å². The summed E-state index contributed by atoms with van der Waals surface area (Å²) in [6, 6.07) is 1.27. The first kappa shape index (κ1) is 17.9. The summed E-state index contributed by atoms with van der Waals surface area (Å²) in [5, 5.41) is 3.67. The molecule has 1 fully saturated rings. The smallest absolute Gasteiger partial charge is 0.0637 e. The SMILES string of the molecule is CCCNC1CCOCC1N(CCOC)C(C)COC. The molecular formula is C15H32N2O3. The highest BCUT2D eigenvalue weighted by Gasteiger charge is 2.32. The predicted molar refractivity (Wildman–Crippen MR) is 81.2 cm³/mol. The third-order valence-electron chi connectivity index (χ3n) is 3.94. The van der Waals surface area contributed by atoms with Gasteiger partial charge in [0.15, 0.2) is 0 Å². The van der Waals surface area contributed by atoms with Gasteiger partial charge in [0.25, 0.3) is 0 Å². The van der Waals surface area contributed by atoms with Gasteiger partial charge in [-0.05, 0) is 26.3 Å². The summed E-state index contributed by atoms with van der Waals surface area (Å²) in [6.45, 7) is 9.53. The van der Waals surface area contributed by atoms with Crippen molar-refractivity contribution in [2.75, 3.05) is 53.7 Å². The van der Waals surface area contributed by atoms with Crippen molar-refractivity contribution in [3.63, 3.8) is 0 Å². The maximum Gasteiger partial charge on any atom is 0.0637 e. The normalized spacial score (nSPS) is 25.1. The summed E-state index contributed by atoms with van der Waals surface area (Å²) in [6.07, 6.45) is 2.24. The fraction of sp³-hybridized carbons (Fsp3) is 1.00. The molecule has 0 aliphatic carbocycles. The average molecular weight is 288 g/mol. The molecule has 0 amide bonds. The predicted octanol–water partition coefficient (Wildman–Crippen LogP) is 1.13. The molecule has 0 radical (unpaired) electrons. The third-order valence-corrected chi connectivity index (χ3v) is 3.94. The van der Waals surface area contributed by atoms with Crippen LogP contribution >= 0.6 is 0 Å². The Bertz CT molecular complexity index is 241. The van der Waals surface area contributed by atoms with Crippen molar-refractivity contribution < 1.29 is 14.2 Å². The van der Waals surface area contributed by atoms with Gasteiger partial charge in [-0.15, -0.1) is 0 Å². The Labute approximate surface area is 123 Å². The molecule has 3 unspecified atom stereocenters. The van der Waals surface area contributed by atoms with Crippen molar-refractivity contribution in [2.45, 2.75) is 44.8 Å². The summed E-state index contributed by atoms with van der Waals surface area (Å²) in [4.78, 5) is 2.47. The lowest BCUT2D eigenvalue weighted by atomic mass is 10.00. The van der Waals surface area contributed by atoms with Crippen LogP contribution in [0.4, 0.5) is 0 Å². The second kappa shape index (κ2) is 10.5. The lowest BCUT2D eigenvalue weighted by molar-refractivity contribution is -0.0369. The van der Waals surface area contributed by atoms with E-state index in [9.17, 15) is 0 Å². The molecule has 1 saturated heterocycles. The Morgan fingerprint density at radius 2 is 2.15 bits per heavy atom. The van der Waals surface area contributed by atoms with Crippen LogP contribution in [0, 0.1) is 0 Å². The largest absolute Gasteiger partial charge is 0.383 e. The maximum atomic E-state index is 5.72. The molecule has 0 aromatic carbocycles.